The number of carbonyl (C=O) groups is 1. The van der Waals surface area contributed by atoms with Gasteiger partial charge in [-0.3, -0.25) is 4.79 Å². The Bertz CT molecular complexity index is 779. The van der Waals surface area contributed by atoms with Gasteiger partial charge in [0.25, 0.3) is 5.91 Å². The molecule has 138 valence electrons. The minimum absolute atomic E-state index is 0.0491. The number of carbonyl (C=O) groups excluding carboxylic acids is 1. The zero-order chi connectivity index (χ0) is 18.5. The molecule has 1 N–H and O–H groups in total. The Kier molecular flexibility index (Phi) is 5.96. The van der Waals surface area contributed by atoms with E-state index in [1.807, 2.05) is 6.07 Å². The van der Waals surface area contributed by atoms with Crippen LogP contribution in [0.15, 0.2) is 42.5 Å². The van der Waals surface area contributed by atoms with Crippen molar-refractivity contribution < 1.29 is 13.9 Å². The van der Waals surface area contributed by atoms with Crippen molar-refractivity contribution in [3.8, 4) is 5.75 Å². The highest BCUT2D eigenvalue weighted by molar-refractivity contribution is 6.31. The Morgan fingerprint density at radius 3 is 2.65 bits per heavy atom. The highest BCUT2D eigenvalue weighted by atomic mass is 35.5. The second kappa shape index (κ2) is 8.38. The number of ether oxygens (including phenoxy) is 1. The third-order valence-corrected chi connectivity index (χ3v) is 4.51. The number of piperazine rings is 1. The molecule has 1 amide bonds. The molecule has 1 aliphatic heterocycles. The minimum atomic E-state index is -0.499. The molecule has 5 nitrogen and oxygen atoms in total. The van der Waals surface area contributed by atoms with E-state index in [0.29, 0.717) is 10.7 Å². The van der Waals surface area contributed by atoms with Gasteiger partial charge in [0, 0.05) is 31.2 Å². The Balaban J connectivity index is 1.67. The van der Waals surface area contributed by atoms with E-state index in [-0.39, 0.29) is 18.3 Å². The fraction of sp³-hybridized carbons (Fsp3) is 0.316. The second-order valence-electron chi connectivity index (χ2n) is 6.22. The molecule has 2 aromatic carbocycles. The highest BCUT2D eigenvalue weighted by Crippen LogP contribution is 2.30. The van der Waals surface area contributed by atoms with Crippen LogP contribution in [0.25, 0.3) is 0 Å². The first-order valence-electron chi connectivity index (χ1n) is 8.43. The molecule has 1 aliphatic rings. The van der Waals surface area contributed by atoms with Gasteiger partial charge in [-0.25, -0.2) is 4.39 Å². The van der Waals surface area contributed by atoms with Crippen LogP contribution in [0.5, 0.6) is 5.75 Å². The summed E-state index contributed by atoms with van der Waals surface area (Å²) in [7, 11) is 2.09. The molecular weight excluding hydrogens is 357 g/mol. The van der Waals surface area contributed by atoms with E-state index in [1.165, 1.54) is 12.1 Å². The second-order valence-corrected chi connectivity index (χ2v) is 6.66. The number of amides is 1. The number of nitrogens with zero attached hydrogens (tertiary/aromatic N) is 2. The largest absolute Gasteiger partial charge is 0.481 e. The molecule has 0 aliphatic carbocycles. The number of halogens is 2. The van der Waals surface area contributed by atoms with Crippen LogP contribution >= 0.6 is 11.6 Å². The zero-order valence-electron chi connectivity index (χ0n) is 14.5. The lowest BCUT2D eigenvalue weighted by Crippen LogP contribution is -2.44. The van der Waals surface area contributed by atoms with Gasteiger partial charge < -0.3 is 19.9 Å². The van der Waals surface area contributed by atoms with E-state index in [2.05, 4.69) is 22.2 Å². The Morgan fingerprint density at radius 2 is 1.92 bits per heavy atom. The molecule has 1 heterocycles. The van der Waals surface area contributed by atoms with Crippen molar-refractivity contribution in [3.05, 3.63) is 53.3 Å². The van der Waals surface area contributed by atoms with Crippen LogP contribution in [0.3, 0.4) is 0 Å². The number of benzene rings is 2. The van der Waals surface area contributed by atoms with Gasteiger partial charge in [-0.15, -0.1) is 0 Å². The topological polar surface area (TPSA) is 44.8 Å². The van der Waals surface area contributed by atoms with E-state index in [0.717, 1.165) is 31.9 Å². The Labute approximate surface area is 157 Å². The number of anilines is 2. The van der Waals surface area contributed by atoms with Crippen LogP contribution < -0.4 is 15.0 Å². The summed E-state index contributed by atoms with van der Waals surface area (Å²) in [6, 6.07) is 11.4. The Hall–Kier alpha value is -2.31. The highest BCUT2D eigenvalue weighted by Gasteiger charge is 2.18. The molecular formula is C19H21ClFN3O2. The molecule has 26 heavy (non-hydrogen) atoms. The van der Waals surface area contributed by atoms with Crippen LogP contribution in [0, 0.1) is 5.82 Å². The third kappa shape index (κ3) is 4.65. The number of hydrogen-bond acceptors (Lipinski definition) is 4. The fourth-order valence-electron chi connectivity index (χ4n) is 2.82. The SMILES string of the molecule is CN1CCN(c2ccc(Cl)cc2NC(=O)COc2ccccc2F)CC1. The molecule has 0 bridgehead atoms. The lowest BCUT2D eigenvalue weighted by atomic mass is 10.2. The first-order chi connectivity index (χ1) is 12.5. The maximum Gasteiger partial charge on any atom is 0.262 e. The molecule has 0 radical (unpaired) electrons. The van der Waals surface area contributed by atoms with Gasteiger partial charge >= 0.3 is 0 Å². The van der Waals surface area contributed by atoms with Gasteiger partial charge in [0.05, 0.1) is 11.4 Å². The van der Waals surface area contributed by atoms with Crippen molar-refractivity contribution >= 4 is 28.9 Å². The Morgan fingerprint density at radius 1 is 1.19 bits per heavy atom. The van der Waals surface area contributed by atoms with Crippen LogP contribution in [-0.4, -0.2) is 50.6 Å². The monoisotopic (exact) mass is 377 g/mol. The summed E-state index contributed by atoms with van der Waals surface area (Å²) in [5.41, 5.74) is 1.55. The fourth-order valence-corrected chi connectivity index (χ4v) is 2.99. The quantitative estimate of drug-likeness (QED) is 0.868. The van der Waals surface area contributed by atoms with Crippen molar-refractivity contribution in [2.24, 2.45) is 0 Å². The average Bonchev–Trinajstić information content (AvgIpc) is 2.62. The number of hydrogen-bond donors (Lipinski definition) is 1. The summed E-state index contributed by atoms with van der Waals surface area (Å²) >= 11 is 6.10. The first kappa shape index (κ1) is 18.5. The van der Waals surface area contributed by atoms with E-state index >= 15 is 0 Å². The summed E-state index contributed by atoms with van der Waals surface area (Å²) < 4.78 is 18.8. The number of rotatable bonds is 5. The number of nitrogens with one attached hydrogen (secondary N) is 1. The molecule has 2 aromatic rings. The van der Waals surface area contributed by atoms with Crippen LogP contribution in [0.4, 0.5) is 15.8 Å². The predicted molar refractivity (Wildman–Crippen MR) is 102 cm³/mol. The molecule has 0 spiro atoms. The molecule has 3 rings (SSSR count). The number of likely N-dealkylation sites (N-methyl/N-ethyl adjacent to an activating group) is 1. The molecule has 0 unspecified atom stereocenters. The van der Waals surface area contributed by atoms with Crippen molar-refractivity contribution in [2.45, 2.75) is 0 Å². The van der Waals surface area contributed by atoms with Crippen molar-refractivity contribution in [1.29, 1.82) is 0 Å². The minimum Gasteiger partial charge on any atom is -0.481 e. The van der Waals surface area contributed by atoms with Crippen LogP contribution in [-0.2, 0) is 4.79 Å². The summed E-state index contributed by atoms with van der Waals surface area (Å²) in [5, 5.41) is 3.36. The van der Waals surface area contributed by atoms with Crippen molar-refractivity contribution in [1.82, 2.24) is 4.90 Å². The van der Waals surface area contributed by atoms with E-state index in [4.69, 9.17) is 16.3 Å². The van der Waals surface area contributed by atoms with Gasteiger partial charge in [-0.1, -0.05) is 23.7 Å². The maximum absolute atomic E-state index is 13.6. The summed E-state index contributed by atoms with van der Waals surface area (Å²) in [4.78, 5) is 16.7. The van der Waals surface area contributed by atoms with Crippen LogP contribution in [0.1, 0.15) is 0 Å². The maximum atomic E-state index is 13.6. The van der Waals surface area contributed by atoms with Gasteiger partial charge in [0.15, 0.2) is 18.2 Å². The van der Waals surface area contributed by atoms with Gasteiger partial charge in [0.1, 0.15) is 0 Å². The lowest BCUT2D eigenvalue weighted by molar-refractivity contribution is -0.118. The molecule has 0 saturated carbocycles. The lowest BCUT2D eigenvalue weighted by Gasteiger charge is -2.35. The van der Waals surface area contributed by atoms with Gasteiger partial charge in [-0.05, 0) is 37.4 Å². The molecule has 0 aromatic heterocycles. The molecule has 1 fully saturated rings. The normalized spacial score (nSPS) is 15.0. The van der Waals surface area contributed by atoms with E-state index in [9.17, 15) is 9.18 Å². The van der Waals surface area contributed by atoms with Crippen molar-refractivity contribution in [3.63, 3.8) is 0 Å². The standard InChI is InChI=1S/C19H21ClFN3O2/c1-23-8-10-24(11-9-23)17-7-6-14(20)12-16(17)22-19(25)13-26-18-5-3-2-4-15(18)21/h2-7,12H,8-11,13H2,1H3,(H,22,25). The molecule has 7 heteroatoms. The van der Waals surface area contributed by atoms with Crippen molar-refractivity contribution in [2.75, 3.05) is 50.1 Å². The summed E-state index contributed by atoms with van der Waals surface area (Å²) in [6.45, 7) is 3.36. The molecule has 1 saturated heterocycles. The summed E-state index contributed by atoms with van der Waals surface area (Å²) in [5.74, 6) is -0.819. The summed E-state index contributed by atoms with van der Waals surface area (Å²) in [6.07, 6.45) is 0. The van der Waals surface area contributed by atoms with Gasteiger partial charge in [0.2, 0.25) is 0 Å². The average molecular weight is 378 g/mol. The van der Waals surface area contributed by atoms with Gasteiger partial charge in [-0.2, -0.15) is 0 Å². The zero-order valence-corrected chi connectivity index (χ0v) is 15.3. The van der Waals surface area contributed by atoms with E-state index in [1.54, 1.807) is 24.3 Å². The van der Waals surface area contributed by atoms with Crippen LogP contribution in [0.2, 0.25) is 5.02 Å². The number of para-hydroxylation sites is 1. The molecule has 0 atom stereocenters. The predicted octanol–water partition coefficient (Wildman–Crippen LogP) is 3.25. The van der Waals surface area contributed by atoms with E-state index < -0.39 is 5.82 Å². The third-order valence-electron chi connectivity index (χ3n) is 4.27. The first-order valence-corrected chi connectivity index (χ1v) is 8.81. The smallest absolute Gasteiger partial charge is 0.262 e.